The van der Waals surface area contributed by atoms with Crippen LogP contribution in [0.25, 0.3) is 0 Å². The van der Waals surface area contributed by atoms with Gasteiger partial charge in [0.15, 0.2) is 11.8 Å². The van der Waals surface area contributed by atoms with Crippen LogP contribution in [0.15, 0.2) is 17.8 Å². The second kappa shape index (κ2) is 10.4. The van der Waals surface area contributed by atoms with Crippen molar-refractivity contribution in [3.8, 4) is 0 Å². The van der Waals surface area contributed by atoms with E-state index in [4.69, 9.17) is 4.74 Å². The average molecular weight is 366 g/mol. The molecule has 136 valence electrons. The topological polar surface area (TPSA) is 110 Å². The van der Waals surface area contributed by atoms with Gasteiger partial charge in [0.1, 0.15) is 0 Å². The number of imide groups is 1. The summed E-state index contributed by atoms with van der Waals surface area (Å²) >= 11 is 1.45. The first-order valence-corrected chi connectivity index (χ1v) is 8.82. The summed E-state index contributed by atoms with van der Waals surface area (Å²) in [4.78, 5) is 43.2. The van der Waals surface area contributed by atoms with E-state index in [0.29, 0.717) is 11.6 Å². The smallest absolute Gasteiger partial charge is 0.321 e. The normalized spacial score (nSPS) is 10.0. The average Bonchev–Trinajstić information content (AvgIpc) is 2.57. The van der Waals surface area contributed by atoms with Gasteiger partial charge in [-0.3, -0.25) is 14.9 Å². The van der Waals surface area contributed by atoms with Crippen molar-refractivity contribution < 1.29 is 19.1 Å². The standard InChI is InChI=1S/C16H22N4O4S/c1-5-8-17-15(23)20-13(21)9-24-14(22)7-6-12-10(2)18-16(25-4)19-11(12)3/h5H,1,6-9H2,2-4H3,(H2,17,20,21,23). The molecule has 0 spiro atoms. The summed E-state index contributed by atoms with van der Waals surface area (Å²) in [7, 11) is 0. The number of esters is 1. The summed E-state index contributed by atoms with van der Waals surface area (Å²) in [5.41, 5.74) is 2.53. The van der Waals surface area contributed by atoms with E-state index in [1.54, 1.807) is 0 Å². The fourth-order valence-corrected chi connectivity index (χ4v) is 2.44. The van der Waals surface area contributed by atoms with E-state index in [-0.39, 0.29) is 13.0 Å². The molecule has 0 aromatic carbocycles. The molecule has 9 heteroatoms. The Kier molecular flexibility index (Phi) is 8.62. The summed E-state index contributed by atoms with van der Waals surface area (Å²) in [5.74, 6) is -1.23. The van der Waals surface area contributed by atoms with E-state index in [9.17, 15) is 14.4 Å². The Labute approximate surface area is 150 Å². The molecule has 1 rings (SSSR count). The number of aryl methyl sites for hydroxylation is 2. The number of amides is 3. The number of carbonyl (C=O) groups is 3. The summed E-state index contributed by atoms with van der Waals surface area (Å²) in [5, 5.41) is 5.10. The first-order chi connectivity index (χ1) is 11.9. The lowest BCUT2D eigenvalue weighted by molar-refractivity contribution is -0.148. The molecule has 0 fully saturated rings. The molecule has 8 nitrogen and oxygen atoms in total. The molecule has 3 amide bonds. The highest BCUT2D eigenvalue weighted by atomic mass is 32.2. The van der Waals surface area contributed by atoms with Crippen molar-refractivity contribution >= 4 is 29.7 Å². The quantitative estimate of drug-likeness (QED) is 0.309. The number of aromatic nitrogens is 2. The van der Waals surface area contributed by atoms with Crippen molar-refractivity contribution in [2.75, 3.05) is 19.4 Å². The van der Waals surface area contributed by atoms with Crippen molar-refractivity contribution in [3.63, 3.8) is 0 Å². The molecule has 1 aromatic rings. The molecule has 2 N–H and O–H groups in total. The van der Waals surface area contributed by atoms with Gasteiger partial charge in [0.2, 0.25) is 0 Å². The Hall–Kier alpha value is -2.42. The van der Waals surface area contributed by atoms with E-state index in [1.165, 1.54) is 17.8 Å². The number of thioether (sulfide) groups is 1. The van der Waals surface area contributed by atoms with Crippen LogP contribution >= 0.6 is 11.8 Å². The maximum absolute atomic E-state index is 11.8. The monoisotopic (exact) mass is 366 g/mol. The lowest BCUT2D eigenvalue weighted by Gasteiger charge is -2.10. The van der Waals surface area contributed by atoms with Crippen LogP contribution in [0.2, 0.25) is 0 Å². The predicted molar refractivity (Wildman–Crippen MR) is 94.3 cm³/mol. The van der Waals surface area contributed by atoms with Crippen molar-refractivity contribution in [1.29, 1.82) is 0 Å². The van der Waals surface area contributed by atoms with Gasteiger partial charge in [0, 0.05) is 24.4 Å². The fourth-order valence-electron chi connectivity index (χ4n) is 1.98. The van der Waals surface area contributed by atoms with Crippen LogP contribution < -0.4 is 10.6 Å². The largest absolute Gasteiger partial charge is 0.456 e. The van der Waals surface area contributed by atoms with Gasteiger partial charge < -0.3 is 10.1 Å². The molecular formula is C16H22N4O4S. The van der Waals surface area contributed by atoms with Crippen LogP contribution in [0.5, 0.6) is 0 Å². The van der Waals surface area contributed by atoms with Gasteiger partial charge in [-0.15, -0.1) is 6.58 Å². The lowest BCUT2D eigenvalue weighted by Crippen LogP contribution is -2.41. The summed E-state index contributed by atoms with van der Waals surface area (Å²) in [6, 6.07) is -0.668. The summed E-state index contributed by atoms with van der Waals surface area (Å²) in [6.45, 7) is 6.88. The van der Waals surface area contributed by atoms with Crippen molar-refractivity contribution in [2.24, 2.45) is 0 Å². The zero-order valence-corrected chi connectivity index (χ0v) is 15.4. The molecule has 0 saturated heterocycles. The number of carbonyl (C=O) groups excluding carboxylic acids is 3. The molecule has 0 unspecified atom stereocenters. The van der Waals surface area contributed by atoms with Gasteiger partial charge in [-0.25, -0.2) is 14.8 Å². The Morgan fingerprint density at radius 2 is 1.88 bits per heavy atom. The highest BCUT2D eigenvalue weighted by Crippen LogP contribution is 2.17. The van der Waals surface area contributed by atoms with E-state index < -0.39 is 24.5 Å². The minimum absolute atomic E-state index is 0.0968. The van der Waals surface area contributed by atoms with Crippen LogP contribution in [0.3, 0.4) is 0 Å². The Morgan fingerprint density at radius 3 is 2.44 bits per heavy atom. The van der Waals surface area contributed by atoms with Crippen LogP contribution in [0, 0.1) is 13.8 Å². The molecule has 0 aliphatic rings. The van der Waals surface area contributed by atoms with Crippen molar-refractivity contribution in [3.05, 3.63) is 29.6 Å². The van der Waals surface area contributed by atoms with Gasteiger partial charge in [-0.05, 0) is 32.1 Å². The van der Waals surface area contributed by atoms with Gasteiger partial charge in [-0.2, -0.15) is 0 Å². The van der Waals surface area contributed by atoms with Crippen LogP contribution in [-0.2, 0) is 20.7 Å². The zero-order valence-electron chi connectivity index (χ0n) is 14.5. The number of ether oxygens (including phenoxy) is 1. The first kappa shape index (κ1) is 20.6. The van der Waals surface area contributed by atoms with E-state index >= 15 is 0 Å². The number of nitrogens with one attached hydrogen (secondary N) is 2. The second-order valence-corrected chi connectivity index (χ2v) is 5.84. The summed E-state index contributed by atoms with van der Waals surface area (Å²) < 4.78 is 4.86. The Morgan fingerprint density at radius 1 is 1.24 bits per heavy atom. The second-order valence-electron chi connectivity index (χ2n) is 5.07. The van der Waals surface area contributed by atoms with E-state index in [2.05, 4.69) is 21.9 Å². The Balaban J connectivity index is 2.42. The maximum atomic E-state index is 11.8. The fraction of sp³-hybridized carbons (Fsp3) is 0.438. The Bertz CT molecular complexity index is 641. The van der Waals surface area contributed by atoms with Crippen LogP contribution in [0.4, 0.5) is 4.79 Å². The minimum Gasteiger partial charge on any atom is -0.456 e. The van der Waals surface area contributed by atoms with Crippen molar-refractivity contribution in [1.82, 2.24) is 20.6 Å². The molecule has 0 radical (unpaired) electrons. The molecule has 0 aliphatic heterocycles. The van der Waals surface area contributed by atoms with Gasteiger partial charge in [-0.1, -0.05) is 17.8 Å². The van der Waals surface area contributed by atoms with Gasteiger partial charge >= 0.3 is 12.0 Å². The van der Waals surface area contributed by atoms with Crippen molar-refractivity contribution in [2.45, 2.75) is 31.8 Å². The third-order valence-corrected chi connectivity index (χ3v) is 3.73. The third kappa shape index (κ3) is 7.34. The SMILES string of the molecule is C=CCNC(=O)NC(=O)COC(=O)CCc1c(C)nc(SC)nc1C. The molecular weight excluding hydrogens is 344 g/mol. The molecule has 1 aromatic heterocycles. The van der Waals surface area contributed by atoms with Gasteiger partial charge in [0.25, 0.3) is 5.91 Å². The lowest BCUT2D eigenvalue weighted by atomic mass is 10.1. The molecule has 25 heavy (non-hydrogen) atoms. The molecule has 0 bridgehead atoms. The number of nitrogens with zero attached hydrogens (tertiary/aromatic N) is 2. The number of urea groups is 1. The van der Waals surface area contributed by atoms with Crippen LogP contribution in [-0.4, -0.2) is 47.3 Å². The molecule has 0 saturated carbocycles. The molecule has 0 aliphatic carbocycles. The van der Waals surface area contributed by atoms with Crippen LogP contribution in [0.1, 0.15) is 23.4 Å². The zero-order chi connectivity index (χ0) is 18.8. The number of hydrogen-bond donors (Lipinski definition) is 2. The molecule has 1 heterocycles. The number of rotatable bonds is 8. The third-order valence-electron chi connectivity index (χ3n) is 3.19. The van der Waals surface area contributed by atoms with E-state index in [1.807, 2.05) is 25.4 Å². The first-order valence-electron chi connectivity index (χ1n) is 7.59. The predicted octanol–water partition coefficient (Wildman–Crippen LogP) is 1.30. The molecule has 0 atom stereocenters. The summed E-state index contributed by atoms with van der Waals surface area (Å²) in [6.07, 6.45) is 3.89. The van der Waals surface area contributed by atoms with Gasteiger partial charge in [0.05, 0.1) is 0 Å². The maximum Gasteiger partial charge on any atom is 0.321 e. The highest BCUT2D eigenvalue weighted by molar-refractivity contribution is 7.98. The highest BCUT2D eigenvalue weighted by Gasteiger charge is 2.13. The van der Waals surface area contributed by atoms with E-state index in [0.717, 1.165) is 17.0 Å². The minimum atomic E-state index is -0.699. The number of hydrogen-bond acceptors (Lipinski definition) is 7.